The minimum atomic E-state index is -0.395. The number of hydrogen-bond donors (Lipinski definition) is 1. The van der Waals surface area contributed by atoms with Crippen molar-refractivity contribution < 1.29 is 4.79 Å². The Hall–Kier alpha value is -3.36. The average molecular weight is 325 g/mol. The molecule has 0 bridgehead atoms. The van der Waals surface area contributed by atoms with E-state index < -0.39 is 5.91 Å². The summed E-state index contributed by atoms with van der Waals surface area (Å²) in [6, 6.07) is 2.68. The summed E-state index contributed by atoms with van der Waals surface area (Å²) in [5.74, 6) is -0.395. The average Bonchev–Trinajstić information content (AvgIpc) is 3.01. The van der Waals surface area contributed by atoms with Crippen LogP contribution >= 0.6 is 0 Å². The van der Waals surface area contributed by atoms with E-state index in [1.807, 2.05) is 13.2 Å². The van der Waals surface area contributed by atoms with Gasteiger partial charge in [-0.3, -0.25) is 24.2 Å². The summed E-state index contributed by atoms with van der Waals surface area (Å²) in [5.41, 5.74) is 1.96. The molecule has 0 unspecified atom stereocenters. The van der Waals surface area contributed by atoms with Gasteiger partial charge in [-0.25, -0.2) is 4.68 Å². The number of hydrogen-bond acceptors (Lipinski definition) is 6. The summed E-state index contributed by atoms with van der Waals surface area (Å²) < 4.78 is 2.78. The maximum atomic E-state index is 12.2. The third-order valence-electron chi connectivity index (χ3n) is 3.36. The van der Waals surface area contributed by atoms with Gasteiger partial charge in [-0.1, -0.05) is 0 Å². The fraction of sp³-hybridized carbons (Fsp3) is 0.200. The monoisotopic (exact) mass is 325 g/mol. The minimum Gasteiger partial charge on any atom is -0.345 e. The summed E-state index contributed by atoms with van der Waals surface area (Å²) in [4.78, 5) is 32.1. The summed E-state index contributed by atoms with van der Waals surface area (Å²) in [7, 11) is 3.30. The fourth-order valence-corrected chi connectivity index (χ4v) is 2.16. The van der Waals surface area contributed by atoms with E-state index in [0.717, 1.165) is 10.2 Å². The summed E-state index contributed by atoms with van der Waals surface area (Å²) >= 11 is 0. The van der Waals surface area contributed by atoms with E-state index in [4.69, 9.17) is 0 Å². The Morgan fingerprint density at radius 1 is 1.21 bits per heavy atom. The Bertz CT molecular complexity index is 945. The van der Waals surface area contributed by atoms with Crippen molar-refractivity contribution in [2.75, 3.05) is 0 Å². The van der Waals surface area contributed by atoms with Gasteiger partial charge in [0.2, 0.25) is 0 Å². The number of carbonyl (C=O) groups is 1. The summed E-state index contributed by atoms with van der Waals surface area (Å²) in [5, 5.41) is 10.8. The predicted octanol–water partition coefficient (Wildman–Crippen LogP) is -0.0992. The molecule has 0 spiro atoms. The van der Waals surface area contributed by atoms with E-state index in [0.29, 0.717) is 11.4 Å². The highest BCUT2D eigenvalue weighted by molar-refractivity contribution is 5.92. The van der Waals surface area contributed by atoms with Crippen LogP contribution < -0.4 is 10.9 Å². The number of amides is 1. The van der Waals surface area contributed by atoms with Crippen LogP contribution in [0.4, 0.5) is 0 Å². The Labute approximate surface area is 137 Å². The van der Waals surface area contributed by atoms with Crippen LogP contribution in [0.1, 0.15) is 16.2 Å². The van der Waals surface area contributed by atoms with Gasteiger partial charge in [-0.15, -0.1) is 0 Å². The van der Waals surface area contributed by atoms with Crippen LogP contribution in [0.15, 0.2) is 41.7 Å². The molecule has 0 aliphatic rings. The van der Waals surface area contributed by atoms with Crippen molar-refractivity contribution in [3.63, 3.8) is 0 Å². The first-order valence-electron chi connectivity index (χ1n) is 7.16. The van der Waals surface area contributed by atoms with E-state index in [1.165, 1.54) is 19.2 Å². The van der Waals surface area contributed by atoms with E-state index in [9.17, 15) is 9.59 Å². The van der Waals surface area contributed by atoms with Crippen LogP contribution in [0.2, 0.25) is 0 Å². The molecular formula is C15H15N7O2. The lowest BCUT2D eigenvalue weighted by Crippen LogP contribution is -2.28. The van der Waals surface area contributed by atoms with Gasteiger partial charge in [0, 0.05) is 44.3 Å². The fourth-order valence-electron chi connectivity index (χ4n) is 2.16. The molecule has 0 aliphatic carbocycles. The van der Waals surface area contributed by atoms with Crippen LogP contribution in [-0.2, 0) is 20.6 Å². The molecular weight excluding hydrogens is 310 g/mol. The number of aromatic nitrogens is 6. The van der Waals surface area contributed by atoms with E-state index >= 15 is 0 Å². The van der Waals surface area contributed by atoms with E-state index in [-0.39, 0.29) is 17.8 Å². The van der Waals surface area contributed by atoms with Crippen LogP contribution in [0.5, 0.6) is 0 Å². The van der Waals surface area contributed by atoms with Crippen molar-refractivity contribution >= 4 is 5.91 Å². The predicted molar refractivity (Wildman–Crippen MR) is 84.9 cm³/mol. The first-order chi connectivity index (χ1) is 11.5. The molecule has 0 saturated heterocycles. The zero-order chi connectivity index (χ0) is 17.1. The van der Waals surface area contributed by atoms with Gasteiger partial charge in [-0.2, -0.15) is 10.2 Å². The quantitative estimate of drug-likeness (QED) is 0.718. The van der Waals surface area contributed by atoms with Crippen LogP contribution in [-0.4, -0.2) is 35.4 Å². The van der Waals surface area contributed by atoms with Gasteiger partial charge in [0.25, 0.3) is 11.5 Å². The number of aryl methyl sites for hydroxylation is 2. The maximum Gasteiger partial charge on any atom is 0.272 e. The molecule has 0 fully saturated rings. The minimum absolute atomic E-state index is 0.156. The smallest absolute Gasteiger partial charge is 0.272 e. The van der Waals surface area contributed by atoms with Crippen molar-refractivity contribution in [2.45, 2.75) is 6.54 Å². The molecule has 9 heteroatoms. The molecule has 3 aromatic heterocycles. The summed E-state index contributed by atoms with van der Waals surface area (Å²) in [6.45, 7) is 0.182. The van der Waals surface area contributed by atoms with Crippen LogP contribution in [0, 0.1) is 0 Å². The second-order valence-corrected chi connectivity index (χ2v) is 5.12. The highest BCUT2D eigenvalue weighted by Gasteiger charge is 2.13. The molecule has 0 atom stereocenters. The Morgan fingerprint density at radius 2 is 2.00 bits per heavy atom. The lowest BCUT2D eigenvalue weighted by atomic mass is 10.2. The standard InChI is InChI=1S/C15H15N7O2/c1-21-9-10(7-19-21)14-12(16-5-6-17-14)8-18-15(24)11-3-4-13(23)22(2)20-11/h3-7,9H,8H2,1-2H3,(H,18,24). The van der Waals surface area contributed by atoms with E-state index in [2.05, 4.69) is 25.5 Å². The lowest BCUT2D eigenvalue weighted by Gasteiger charge is -2.08. The van der Waals surface area contributed by atoms with Crippen molar-refractivity contribution in [1.82, 2.24) is 34.8 Å². The van der Waals surface area contributed by atoms with Crippen LogP contribution in [0.3, 0.4) is 0 Å². The lowest BCUT2D eigenvalue weighted by molar-refractivity contribution is 0.0943. The molecule has 3 rings (SSSR count). The molecule has 0 radical (unpaired) electrons. The Morgan fingerprint density at radius 3 is 2.71 bits per heavy atom. The molecule has 0 saturated carbocycles. The SMILES string of the molecule is Cn1cc(-c2nccnc2CNC(=O)c2ccc(=O)n(C)n2)cn1. The zero-order valence-electron chi connectivity index (χ0n) is 13.2. The van der Waals surface area contributed by atoms with Crippen molar-refractivity contribution in [2.24, 2.45) is 14.1 Å². The first-order valence-corrected chi connectivity index (χ1v) is 7.16. The van der Waals surface area contributed by atoms with Gasteiger partial charge >= 0.3 is 0 Å². The van der Waals surface area contributed by atoms with Gasteiger partial charge < -0.3 is 5.32 Å². The Balaban J connectivity index is 1.78. The third-order valence-corrected chi connectivity index (χ3v) is 3.36. The molecule has 0 aliphatic heterocycles. The second kappa shape index (κ2) is 6.41. The zero-order valence-corrected chi connectivity index (χ0v) is 13.2. The molecule has 3 aromatic rings. The highest BCUT2D eigenvalue weighted by Crippen LogP contribution is 2.18. The van der Waals surface area contributed by atoms with Gasteiger partial charge in [0.15, 0.2) is 0 Å². The van der Waals surface area contributed by atoms with E-state index in [1.54, 1.807) is 23.3 Å². The number of rotatable bonds is 4. The molecule has 0 aromatic carbocycles. The third kappa shape index (κ3) is 3.19. The Kier molecular flexibility index (Phi) is 4.15. The van der Waals surface area contributed by atoms with Gasteiger partial charge in [-0.05, 0) is 6.07 Å². The van der Waals surface area contributed by atoms with Gasteiger partial charge in [0.1, 0.15) is 5.69 Å². The van der Waals surface area contributed by atoms with Crippen LogP contribution in [0.25, 0.3) is 11.3 Å². The van der Waals surface area contributed by atoms with Gasteiger partial charge in [0.05, 0.1) is 24.1 Å². The molecule has 1 N–H and O–H groups in total. The van der Waals surface area contributed by atoms with Crippen molar-refractivity contribution in [3.8, 4) is 11.3 Å². The molecule has 1 amide bonds. The topological polar surface area (TPSA) is 108 Å². The van der Waals surface area contributed by atoms with Crippen molar-refractivity contribution in [3.05, 3.63) is 58.7 Å². The summed E-state index contributed by atoms with van der Waals surface area (Å²) in [6.07, 6.45) is 6.65. The molecule has 24 heavy (non-hydrogen) atoms. The largest absolute Gasteiger partial charge is 0.345 e. The number of nitrogens with zero attached hydrogens (tertiary/aromatic N) is 6. The number of carbonyl (C=O) groups excluding carboxylic acids is 1. The highest BCUT2D eigenvalue weighted by atomic mass is 16.2. The normalized spacial score (nSPS) is 10.6. The molecule has 3 heterocycles. The maximum absolute atomic E-state index is 12.2. The molecule has 9 nitrogen and oxygen atoms in total. The molecule has 122 valence electrons. The number of nitrogens with one attached hydrogen (secondary N) is 1. The van der Waals surface area contributed by atoms with Crippen molar-refractivity contribution in [1.29, 1.82) is 0 Å². The second-order valence-electron chi connectivity index (χ2n) is 5.12. The first kappa shape index (κ1) is 15.5.